The largest absolute Gasteiger partial charge is 0.508 e. The van der Waals surface area contributed by atoms with Crippen LogP contribution in [-0.4, -0.2) is 22.5 Å². The minimum atomic E-state index is 0.253. The maximum absolute atomic E-state index is 9.58. The van der Waals surface area contributed by atoms with E-state index in [4.69, 9.17) is 5.10 Å². The summed E-state index contributed by atoms with van der Waals surface area (Å²) >= 11 is 1.58. The minimum absolute atomic E-state index is 0.253. The van der Waals surface area contributed by atoms with E-state index in [-0.39, 0.29) is 5.75 Å². The Morgan fingerprint density at radius 3 is 2.50 bits per heavy atom. The average molecular weight is 388 g/mol. The smallest absolute Gasteiger partial charge is 0.205 e. The van der Waals surface area contributed by atoms with Gasteiger partial charge in [0.05, 0.1) is 11.4 Å². The van der Waals surface area contributed by atoms with E-state index in [0.29, 0.717) is 0 Å². The number of hydrogen-bond acceptors (Lipinski definition) is 4. The van der Waals surface area contributed by atoms with Crippen molar-refractivity contribution in [2.45, 2.75) is 13.3 Å². The van der Waals surface area contributed by atoms with Crippen molar-refractivity contribution in [3.05, 3.63) is 82.5 Å². The summed E-state index contributed by atoms with van der Waals surface area (Å²) in [6.07, 6.45) is 0.770. The summed E-state index contributed by atoms with van der Waals surface area (Å²) in [5.74, 6) is 0.253. The van der Waals surface area contributed by atoms with E-state index in [1.807, 2.05) is 16.8 Å². The first-order chi connectivity index (χ1) is 13.7. The molecule has 0 atom stereocenters. The van der Waals surface area contributed by atoms with Gasteiger partial charge in [-0.3, -0.25) is 4.99 Å². The molecule has 5 heteroatoms. The Balaban J connectivity index is 1.93. The van der Waals surface area contributed by atoms with Crippen molar-refractivity contribution in [2.75, 3.05) is 7.05 Å². The second-order valence-electron chi connectivity index (χ2n) is 6.41. The summed E-state index contributed by atoms with van der Waals surface area (Å²) in [7, 11) is 1.79. The van der Waals surface area contributed by atoms with Gasteiger partial charge in [-0.1, -0.05) is 49.4 Å². The molecule has 0 saturated heterocycles. The van der Waals surface area contributed by atoms with Crippen LogP contribution in [0.3, 0.4) is 0 Å². The van der Waals surface area contributed by atoms with Gasteiger partial charge in [0.25, 0.3) is 0 Å². The molecular formula is C23H21N3OS. The van der Waals surface area contributed by atoms with Crippen LogP contribution in [0, 0.1) is 0 Å². The summed E-state index contributed by atoms with van der Waals surface area (Å²) in [6.45, 7) is 2.08. The van der Waals surface area contributed by atoms with E-state index in [0.717, 1.165) is 33.8 Å². The van der Waals surface area contributed by atoms with Gasteiger partial charge >= 0.3 is 0 Å². The zero-order valence-corrected chi connectivity index (χ0v) is 16.6. The maximum atomic E-state index is 9.58. The summed E-state index contributed by atoms with van der Waals surface area (Å²) < 4.78 is 1.93. The van der Waals surface area contributed by atoms with Gasteiger partial charge in [0, 0.05) is 18.0 Å². The molecule has 140 valence electrons. The maximum Gasteiger partial charge on any atom is 0.205 e. The molecule has 0 aliphatic carbocycles. The number of phenolic OH excluding ortho intramolecular Hbond substituents is 1. The number of aromatic hydroxyl groups is 1. The lowest BCUT2D eigenvalue weighted by Crippen LogP contribution is -2.14. The Bertz CT molecular complexity index is 1210. The van der Waals surface area contributed by atoms with Crippen LogP contribution in [-0.2, 0) is 0 Å². The quantitative estimate of drug-likeness (QED) is 0.477. The highest BCUT2D eigenvalue weighted by Crippen LogP contribution is 2.29. The Morgan fingerprint density at radius 2 is 1.75 bits per heavy atom. The van der Waals surface area contributed by atoms with Crippen LogP contribution in [0.25, 0.3) is 22.0 Å². The van der Waals surface area contributed by atoms with Gasteiger partial charge in [-0.2, -0.15) is 5.10 Å². The summed E-state index contributed by atoms with van der Waals surface area (Å²) in [5.41, 5.74) is 4.08. The van der Waals surface area contributed by atoms with Gasteiger partial charge in [-0.15, -0.1) is 11.3 Å². The van der Waals surface area contributed by atoms with Crippen LogP contribution in [0.4, 0.5) is 0 Å². The molecule has 3 aromatic carbocycles. The van der Waals surface area contributed by atoms with E-state index in [2.05, 4.69) is 59.8 Å². The monoisotopic (exact) mass is 387 g/mol. The molecule has 0 fully saturated rings. The van der Waals surface area contributed by atoms with Crippen LogP contribution in [0.5, 0.6) is 5.75 Å². The molecule has 1 N–H and O–H groups in total. The van der Waals surface area contributed by atoms with Crippen molar-refractivity contribution < 1.29 is 5.11 Å². The number of thiazole rings is 1. The molecule has 28 heavy (non-hydrogen) atoms. The fraction of sp³-hybridized carbons (Fsp3) is 0.130. The molecular weight excluding hydrogens is 366 g/mol. The molecule has 0 aliphatic rings. The van der Waals surface area contributed by atoms with Crippen molar-refractivity contribution in [1.29, 1.82) is 0 Å². The third-order valence-corrected chi connectivity index (χ3v) is 5.61. The number of rotatable bonds is 4. The van der Waals surface area contributed by atoms with Gasteiger partial charge in [0.1, 0.15) is 5.75 Å². The Hall–Kier alpha value is -3.18. The zero-order chi connectivity index (χ0) is 19.5. The molecule has 4 rings (SSSR count). The van der Waals surface area contributed by atoms with Gasteiger partial charge in [0.15, 0.2) is 0 Å². The second kappa shape index (κ2) is 7.82. The number of hydrogen-bond donors (Lipinski definition) is 1. The SMILES string of the molecule is CCC(=Nn1c(-c2cccc3ccccc23)csc1=NC)c1ccc(O)cc1. The molecule has 4 nitrogen and oxygen atoms in total. The molecule has 0 radical (unpaired) electrons. The average Bonchev–Trinajstić information content (AvgIpc) is 3.14. The van der Waals surface area contributed by atoms with E-state index in [1.54, 1.807) is 30.5 Å². The lowest BCUT2D eigenvalue weighted by molar-refractivity contribution is 0.475. The first-order valence-electron chi connectivity index (χ1n) is 9.20. The fourth-order valence-corrected chi connectivity index (χ4v) is 4.08. The van der Waals surface area contributed by atoms with E-state index >= 15 is 0 Å². The van der Waals surface area contributed by atoms with Crippen LogP contribution >= 0.6 is 11.3 Å². The Morgan fingerprint density at radius 1 is 1.00 bits per heavy atom. The number of benzene rings is 3. The number of fused-ring (bicyclic) bond motifs is 1. The standard InChI is InChI=1S/C23H21N3OS/c1-3-21(17-11-13-18(27)14-12-17)25-26-22(15-28-23(26)24-2)20-10-6-8-16-7-4-5-9-19(16)20/h4-15,27H,3H2,1-2H3. The zero-order valence-electron chi connectivity index (χ0n) is 15.8. The van der Waals surface area contributed by atoms with E-state index in [1.165, 1.54) is 10.8 Å². The highest BCUT2D eigenvalue weighted by atomic mass is 32.1. The van der Waals surface area contributed by atoms with Crippen molar-refractivity contribution in [3.63, 3.8) is 0 Å². The van der Waals surface area contributed by atoms with Crippen LogP contribution in [0.1, 0.15) is 18.9 Å². The van der Waals surface area contributed by atoms with E-state index < -0.39 is 0 Å². The Kier molecular flexibility index (Phi) is 5.08. The topological polar surface area (TPSA) is 49.9 Å². The lowest BCUT2D eigenvalue weighted by Gasteiger charge is -2.10. The highest BCUT2D eigenvalue weighted by Gasteiger charge is 2.12. The van der Waals surface area contributed by atoms with Crippen LogP contribution in [0.2, 0.25) is 0 Å². The number of aromatic nitrogens is 1. The predicted octanol–water partition coefficient (Wildman–Crippen LogP) is 5.27. The summed E-state index contributed by atoms with van der Waals surface area (Å²) in [4.78, 5) is 5.27. The van der Waals surface area contributed by atoms with Crippen molar-refractivity contribution in [2.24, 2.45) is 10.1 Å². The molecule has 4 aromatic rings. The highest BCUT2D eigenvalue weighted by molar-refractivity contribution is 7.07. The van der Waals surface area contributed by atoms with Gasteiger partial charge in [-0.05, 0) is 47.0 Å². The second-order valence-corrected chi connectivity index (χ2v) is 7.25. The van der Waals surface area contributed by atoms with Gasteiger partial charge < -0.3 is 5.11 Å². The number of phenols is 1. The van der Waals surface area contributed by atoms with Crippen molar-refractivity contribution >= 4 is 27.8 Å². The van der Waals surface area contributed by atoms with Crippen molar-refractivity contribution in [3.8, 4) is 17.0 Å². The predicted molar refractivity (Wildman–Crippen MR) is 117 cm³/mol. The minimum Gasteiger partial charge on any atom is -0.508 e. The summed E-state index contributed by atoms with van der Waals surface area (Å²) in [5, 5.41) is 19.0. The molecule has 1 heterocycles. The fourth-order valence-electron chi connectivity index (χ4n) is 3.29. The molecule has 0 unspecified atom stereocenters. The van der Waals surface area contributed by atoms with Crippen LogP contribution < -0.4 is 4.80 Å². The first kappa shape index (κ1) is 18.2. The van der Waals surface area contributed by atoms with Crippen LogP contribution in [0.15, 0.2) is 82.2 Å². The summed E-state index contributed by atoms with van der Waals surface area (Å²) in [6, 6.07) is 21.9. The van der Waals surface area contributed by atoms with Gasteiger partial charge in [0.2, 0.25) is 4.80 Å². The molecule has 0 saturated carbocycles. The van der Waals surface area contributed by atoms with Crippen molar-refractivity contribution in [1.82, 2.24) is 4.68 Å². The normalized spacial score (nSPS) is 12.6. The molecule has 0 spiro atoms. The molecule has 0 aliphatic heterocycles. The molecule has 0 bridgehead atoms. The first-order valence-corrected chi connectivity index (χ1v) is 10.1. The Labute approximate surface area is 167 Å². The third kappa shape index (κ3) is 3.37. The number of nitrogens with zero attached hydrogens (tertiary/aromatic N) is 3. The van der Waals surface area contributed by atoms with Gasteiger partial charge in [-0.25, -0.2) is 4.68 Å². The molecule has 0 amide bonds. The lowest BCUT2D eigenvalue weighted by atomic mass is 10.0. The molecule has 1 aromatic heterocycles. The third-order valence-electron chi connectivity index (χ3n) is 4.70. The van der Waals surface area contributed by atoms with E-state index in [9.17, 15) is 5.11 Å².